The van der Waals surface area contributed by atoms with Gasteiger partial charge in [-0.1, -0.05) is 13.0 Å². The van der Waals surface area contributed by atoms with Crippen LogP contribution in [-0.2, 0) is 14.3 Å². The summed E-state index contributed by atoms with van der Waals surface area (Å²) in [6, 6.07) is 11.1. The van der Waals surface area contributed by atoms with Gasteiger partial charge in [-0.3, -0.25) is 9.59 Å². The highest BCUT2D eigenvalue weighted by Gasteiger charge is 2.46. The lowest BCUT2D eigenvalue weighted by atomic mass is 9.95. The van der Waals surface area contributed by atoms with E-state index in [0.717, 1.165) is 6.42 Å². The van der Waals surface area contributed by atoms with Crippen molar-refractivity contribution in [2.45, 2.75) is 26.3 Å². The molecule has 1 amide bonds. The highest BCUT2D eigenvalue weighted by Crippen LogP contribution is 2.42. The zero-order valence-electron chi connectivity index (χ0n) is 20.0. The van der Waals surface area contributed by atoms with E-state index in [2.05, 4.69) is 0 Å². The van der Waals surface area contributed by atoms with E-state index in [1.54, 1.807) is 49.6 Å². The molecular formula is C26H31NO7. The van der Waals surface area contributed by atoms with Gasteiger partial charge in [0.1, 0.15) is 11.5 Å². The molecule has 0 aliphatic carbocycles. The molecule has 0 spiro atoms. The Bertz CT molecular complexity index is 1050. The Labute approximate surface area is 199 Å². The molecular weight excluding hydrogens is 438 g/mol. The first-order valence-electron chi connectivity index (χ1n) is 11.3. The summed E-state index contributed by atoms with van der Waals surface area (Å²) in [5, 5.41) is 11.1. The molecule has 1 unspecified atom stereocenters. The maximum Gasteiger partial charge on any atom is 0.295 e. The average molecular weight is 470 g/mol. The molecule has 0 radical (unpaired) electrons. The van der Waals surface area contributed by atoms with Crippen LogP contribution in [0.1, 0.15) is 37.4 Å². The van der Waals surface area contributed by atoms with Gasteiger partial charge in [-0.2, -0.15) is 0 Å². The van der Waals surface area contributed by atoms with E-state index in [1.807, 2.05) is 13.8 Å². The average Bonchev–Trinajstić information content (AvgIpc) is 3.11. The van der Waals surface area contributed by atoms with Crippen molar-refractivity contribution in [3.63, 3.8) is 0 Å². The number of aliphatic hydroxyl groups is 1. The predicted molar refractivity (Wildman–Crippen MR) is 127 cm³/mol. The minimum absolute atomic E-state index is 0.0101. The van der Waals surface area contributed by atoms with E-state index >= 15 is 0 Å². The van der Waals surface area contributed by atoms with Gasteiger partial charge >= 0.3 is 0 Å². The Morgan fingerprint density at radius 3 is 2.32 bits per heavy atom. The number of aliphatic hydroxyl groups excluding tert-OH is 1. The lowest BCUT2D eigenvalue weighted by Gasteiger charge is -2.26. The lowest BCUT2D eigenvalue weighted by molar-refractivity contribution is -0.140. The quantitative estimate of drug-likeness (QED) is 0.302. The van der Waals surface area contributed by atoms with Crippen LogP contribution >= 0.6 is 0 Å². The number of rotatable bonds is 11. The van der Waals surface area contributed by atoms with Crippen LogP contribution in [0.4, 0.5) is 0 Å². The van der Waals surface area contributed by atoms with Crippen molar-refractivity contribution in [2.24, 2.45) is 0 Å². The molecule has 0 aromatic heterocycles. The molecule has 34 heavy (non-hydrogen) atoms. The molecule has 1 N–H and O–H groups in total. The second-order valence-electron chi connectivity index (χ2n) is 7.70. The molecule has 8 heteroatoms. The smallest absolute Gasteiger partial charge is 0.295 e. The second kappa shape index (κ2) is 11.6. The van der Waals surface area contributed by atoms with Gasteiger partial charge in [0.05, 0.1) is 38.5 Å². The van der Waals surface area contributed by atoms with Crippen LogP contribution in [0.2, 0.25) is 0 Å². The maximum absolute atomic E-state index is 13.1. The molecule has 1 aliphatic rings. The summed E-state index contributed by atoms with van der Waals surface area (Å²) in [7, 11) is 3.07. The molecule has 1 aliphatic heterocycles. The first kappa shape index (κ1) is 25.1. The third-order valence-electron chi connectivity index (χ3n) is 5.48. The first-order chi connectivity index (χ1) is 16.5. The SMILES string of the molecule is CCCOc1ccc(C2/C(=C(\O)c3ccc(OC)cc3)C(=O)C(=O)N2CCOC)cc1OCC. The van der Waals surface area contributed by atoms with E-state index in [9.17, 15) is 14.7 Å². The minimum Gasteiger partial charge on any atom is -0.507 e. The lowest BCUT2D eigenvalue weighted by Crippen LogP contribution is -2.32. The van der Waals surface area contributed by atoms with Crippen molar-refractivity contribution in [1.82, 2.24) is 4.90 Å². The van der Waals surface area contributed by atoms with Gasteiger partial charge in [0, 0.05) is 19.2 Å². The van der Waals surface area contributed by atoms with Gasteiger partial charge in [0.2, 0.25) is 0 Å². The number of likely N-dealkylation sites (tertiary alicyclic amines) is 1. The van der Waals surface area contributed by atoms with E-state index in [-0.39, 0.29) is 24.5 Å². The number of Topliss-reactive ketones (excluding diaryl/α,β-unsaturated/α-hetero) is 1. The summed E-state index contributed by atoms with van der Waals surface area (Å²) in [5.41, 5.74) is 1.04. The zero-order valence-corrected chi connectivity index (χ0v) is 20.0. The van der Waals surface area contributed by atoms with Gasteiger partial charge in [-0.15, -0.1) is 0 Å². The molecule has 1 saturated heterocycles. The van der Waals surface area contributed by atoms with Crippen LogP contribution in [0, 0.1) is 0 Å². The highest BCUT2D eigenvalue weighted by atomic mass is 16.5. The van der Waals surface area contributed by atoms with Crippen LogP contribution in [0.3, 0.4) is 0 Å². The number of nitrogens with zero attached hydrogens (tertiary/aromatic N) is 1. The van der Waals surface area contributed by atoms with Crippen LogP contribution in [0.5, 0.6) is 17.2 Å². The Morgan fingerprint density at radius 2 is 1.71 bits per heavy atom. The largest absolute Gasteiger partial charge is 0.507 e. The summed E-state index contributed by atoms with van der Waals surface area (Å²) in [4.78, 5) is 27.5. The molecule has 182 valence electrons. The normalized spacial score (nSPS) is 17.2. The highest BCUT2D eigenvalue weighted by molar-refractivity contribution is 6.46. The van der Waals surface area contributed by atoms with Crippen LogP contribution in [0.25, 0.3) is 5.76 Å². The second-order valence-corrected chi connectivity index (χ2v) is 7.70. The summed E-state index contributed by atoms with van der Waals surface area (Å²) < 4.78 is 21.9. The van der Waals surface area contributed by atoms with Crippen molar-refractivity contribution in [1.29, 1.82) is 0 Å². The first-order valence-corrected chi connectivity index (χ1v) is 11.3. The molecule has 3 rings (SSSR count). The molecule has 1 atom stereocenters. The Hall–Kier alpha value is -3.52. The number of benzene rings is 2. The summed E-state index contributed by atoms with van der Waals surface area (Å²) in [6.07, 6.45) is 0.840. The van der Waals surface area contributed by atoms with Crippen molar-refractivity contribution < 1.29 is 33.6 Å². The van der Waals surface area contributed by atoms with E-state index in [0.29, 0.717) is 41.6 Å². The standard InChI is InChI=1S/C26H31NO7/c1-5-14-34-20-12-9-18(16-21(20)33-6-2)23-22(25(29)26(30)27(23)13-15-31-3)24(28)17-7-10-19(32-4)11-8-17/h7-12,16,23,28H,5-6,13-15H2,1-4H3/b24-22+. The van der Waals surface area contributed by atoms with Crippen molar-refractivity contribution in [2.75, 3.05) is 40.6 Å². The molecule has 1 fully saturated rings. The number of carbonyl (C=O) groups is 2. The monoisotopic (exact) mass is 469 g/mol. The number of hydrogen-bond acceptors (Lipinski definition) is 7. The third kappa shape index (κ3) is 5.17. The topological polar surface area (TPSA) is 94.5 Å². The molecule has 1 heterocycles. The maximum atomic E-state index is 13.1. The van der Waals surface area contributed by atoms with E-state index in [4.69, 9.17) is 18.9 Å². The summed E-state index contributed by atoms with van der Waals surface area (Å²) in [6.45, 7) is 5.25. The minimum atomic E-state index is -0.809. The van der Waals surface area contributed by atoms with Gasteiger partial charge in [0.15, 0.2) is 11.5 Å². The Kier molecular flexibility index (Phi) is 8.54. The van der Waals surface area contributed by atoms with Crippen LogP contribution in [0.15, 0.2) is 48.0 Å². The number of hydrogen-bond donors (Lipinski definition) is 1. The number of ether oxygens (including phenoxy) is 4. The number of methoxy groups -OCH3 is 2. The van der Waals surface area contributed by atoms with Crippen molar-refractivity contribution >= 4 is 17.4 Å². The fraction of sp³-hybridized carbons (Fsp3) is 0.385. The molecule has 0 bridgehead atoms. The number of ketones is 1. The summed E-state index contributed by atoms with van der Waals surface area (Å²) in [5.74, 6) is -0.000365. The van der Waals surface area contributed by atoms with E-state index < -0.39 is 17.7 Å². The fourth-order valence-corrected chi connectivity index (χ4v) is 3.85. The van der Waals surface area contributed by atoms with Crippen LogP contribution in [-0.4, -0.2) is 62.3 Å². The van der Waals surface area contributed by atoms with Gasteiger partial charge in [0.25, 0.3) is 11.7 Å². The fourth-order valence-electron chi connectivity index (χ4n) is 3.85. The van der Waals surface area contributed by atoms with Gasteiger partial charge < -0.3 is 29.0 Å². The van der Waals surface area contributed by atoms with Gasteiger partial charge in [-0.05, 0) is 55.3 Å². The zero-order chi connectivity index (χ0) is 24.7. The number of amides is 1. The Morgan fingerprint density at radius 1 is 0.971 bits per heavy atom. The number of carbonyl (C=O) groups excluding carboxylic acids is 2. The van der Waals surface area contributed by atoms with Crippen molar-refractivity contribution in [3.8, 4) is 17.2 Å². The van der Waals surface area contributed by atoms with E-state index in [1.165, 1.54) is 12.0 Å². The molecule has 0 saturated carbocycles. The molecule has 2 aromatic carbocycles. The van der Waals surface area contributed by atoms with Crippen molar-refractivity contribution in [3.05, 3.63) is 59.2 Å². The van der Waals surface area contributed by atoms with Gasteiger partial charge in [-0.25, -0.2) is 0 Å². The van der Waals surface area contributed by atoms with Crippen LogP contribution < -0.4 is 14.2 Å². The predicted octanol–water partition coefficient (Wildman–Crippen LogP) is 3.95. The molecule has 2 aromatic rings. The Balaban J connectivity index is 2.14. The summed E-state index contributed by atoms with van der Waals surface area (Å²) >= 11 is 0. The third-order valence-corrected chi connectivity index (χ3v) is 5.48. The molecule has 8 nitrogen and oxygen atoms in total.